The fourth-order valence-corrected chi connectivity index (χ4v) is 1.49. The lowest BCUT2D eigenvalue weighted by Crippen LogP contribution is -2.37. The molecule has 20 heavy (non-hydrogen) atoms. The van der Waals surface area contributed by atoms with Crippen LogP contribution in [0, 0.1) is 0 Å². The van der Waals surface area contributed by atoms with Crippen LogP contribution in [0.15, 0.2) is 10.2 Å². The van der Waals surface area contributed by atoms with Crippen LogP contribution in [0.4, 0.5) is 4.79 Å². The third kappa shape index (κ3) is 4.99. The van der Waals surface area contributed by atoms with Crippen LogP contribution in [0.25, 0.3) is 0 Å². The molecular weight excluding hydrogens is 262 g/mol. The molecule has 0 unspecified atom stereocenters. The van der Waals surface area contributed by atoms with Gasteiger partial charge in [0.25, 0.3) is 0 Å². The summed E-state index contributed by atoms with van der Waals surface area (Å²) >= 11 is 0. The minimum atomic E-state index is -0.546. The predicted octanol–water partition coefficient (Wildman–Crippen LogP) is 1.62. The summed E-state index contributed by atoms with van der Waals surface area (Å²) in [7, 11) is 1.61. The molecule has 0 atom stereocenters. The van der Waals surface area contributed by atoms with Crippen LogP contribution in [0.5, 0.6) is 0 Å². The third-order valence-electron chi connectivity index (χ3n) is 2.32. The van der Waals surface area contributed by atoms with E-state index in [0.717, 1.165) is 0 Å². The van der Waals surface area contributed by atoms with Crippen molar-refractivity contribution in [2.24, 2.45) is 10.2 Å². The Hall–Kier alpha value is -1.92. The van der Waals surface area contributed by atoms with Crippen molar-refractivity contribution in [2.45, 2.75) is 39.7 Å². The predicted molar refractivity (Wildman–Crippen MR) is 75.0 cm³/mol. The van der Waals surface area contributed by atoms with Crippen LogP contribution in [0.3, 0.4) is 0 Å². The number of carbonyl (C=O) groups excluding carboxylic acids is 2. The second kappa shape index (κ2) is 6.49. The first-order valence-corrected chi connectivity index (χ1v) is 6.46. The van der Waals surface area contributed by atoms with E-state index in [9.17, 15) is 9.59 Å². The second-order valence-corrected chi connectivity index (χ2v) is 5.45. The normalized spacial score (nSPS) is 14.4. The summed E-state index contributed by atoms with van der Waals surface area (Å²) in [6.45, 7) is 7.69. The van der Waals surface area contributed by atoms with E-state index in [0.29, 0.717) is 18.7 Å². The summed E-state index contributed by atoms with van der Waals surface area (Å²) in [6.07, 6.45) is -0.142. The Morgan fingerprint density at radius 3 is 2.50 bits per heavy atom. The number of nitrogens with zero attached hydrogens (tertiary/aromatic N) is 3. The van der Waals surface area contributed by atoms with Crippen LogP contribution < -0.4 is 0 Å². The Morgan fingerprint density at radius 2 is 1.95 bits per heavy atom. The van der Waals surface area contributed by atoms with Gasteiger partial charge in [0.2, 0.25) is 0 Å². The maximum Gasteiger partial charge on any atom is 0.410 e. The lowest BCUT2D eigenvalue weighted by atomic mass is 10.2. The van der Waals surface area contributed by atoms with Crippen LogP contribution in [-0.2, 0) is 14.3 Å². The van der Waals surface area contributed by atoms with Gasteiger partial charge in [-0.2, -0.15) is 5.10 Å². The maximum absolute atomic E-state index is 11.8. The molecule has 1 rings (SSSR count). The van der Waals surface area contributed by atoms with Gasteiger partial charge in [-0.3, -0.25) is 0 Å². The summed E-state index contributed by atoms with van der Waals surface area (Å²) in [4.78, 5) is 24.6. The highest BCUT2D eigenvalue weighted by Gasteiger charge is 2.24. The molecule has 0 radical (unpaired) electrons. The number of carbonyl (C=O) groups is 2. The van der Waals surface area contributed by atoms with Crippen molar-refractivity contribution in [3.8, 4) is 0 Å². The molecule has 1 aliphatic heterocycles. The Kier molecular flexibility index (Phi) is 5.24. The minimum absolute atomic E-state index is 0.263. The largest absolute Gasteiger partial charge is 0.461 e. The second-order valence-electron chi connectivity index (χ2n) is 5.45. The number of hydrogen-bond donors (Lipinski definition) is 0. The van der Waals surface area contributed by atoms with Crippen molar-refractivity contribution in [1.82, 2.24) is 4.90 Å². The van der Waals surface area contributed by atoms with Crippen molar-refractivity contribution in [3.63, 3.8) is 0 Å². The van der Waals surface area contributed by atoms with E-state index in [-0.39, 0.29) is 12.3 Å². The molecule has 1 heterocycles. The van der Waals surface area contributed by atoms with Crippen LogP contribution in [-0.4, -0.2) is 54.2 Å². The molecule has 0 saturated heterocycles. The zero-order valence-corrected chi connectivity index (χ0v) is 12.6. The Morgan fingerprint density at radius 1 is 1.30 bits per heavy atom. The fraction of sp³-hybridized carbons (Fsp3) is 0.692. The zero-order chi connectivity index (χ0) is 15.3. The molecule has 0 N–H and O–H groups in total. The van der Waals surface area contributed by atoms with Crippen molar-refractivity contribution >= 4 is 23.5 Å². The van der Waals surface area contributed by atoms with E-state index in [1.807, 2.05) is 0 Å². The molecule has 112 valence electrons. The van der Waals surface area contributed by atoms with E-state index in [2.05, 4.69) is 10.2 Å². The van der Waals surface area contributed by atoms with Gasteiger partial charge in [0.1, 0.15) is 5.60 Å². The summed E-state index contributed by atoms with van der Waals surface area (Å²) in [6, 6.07) is 0. The minimum Gasteiger partial charge on any atom is -0.461 e. The van der Waals surface area contributed by atoms with Gasteiger partial charge in [0, 0.05) is 13.5 Å². The topological polar surface area (TPSA) is 80.6 Å². The van der Waals surface area contributed by atoms with E-state index in [1.165, 1.54) is 4.90 Å². The summed E-state index contributed by atoms with van der Waals surface area (Å²) in [5.74, 6) is -0.467. The lowest BCUT2D eigenvalue weighted by molar-refractivity contribution is -0.135. The first-order valence-electron chi connectivity index (χ1n) is 6.46. The van der Waals surface area contributed by atoms with Crippen molar-refractivity contribution < 1.29 is 19.1 Å². The zero-order valence-electron chi connectivity index (χ0n) is 12.6. The number of ether oxygens (including phenoxy) is 2. The third-order valence-corrected chi connectivity index (χ3v) is 2.32. The Bertz CT molecular complexity index is 449. The molecule has 0 saturated carbocycles. The SMILES string of the molecule is CCOC(=O)C1=NN=C(CN(C)C(=O)OC(C)(C)C)C1. The van der Waals surface area contributed by atoms with Gasteiger partial charge in [0.05, 0.1) is 18.9 Å². The van der Waals surface area contributed by atoms with E-state index >= 15 is 0 Å². The molecule has 1 aliphatic rings. The van der Waals surface area contributed by atoms with Crippen LogP contribution in [0.2, 0.25) is 0 Å². The van der Waals surface area contributed by atoms with Crippen molar-refractivity contribution in [3.05, 3.63) is 0 Å². The highest BCUT2D eigenvalue weighted by molar-refractivity contribution is 6.41. The van der Waals surface area contributed by atoms with Gasteiger partial charge in [-0.25, -0.2) is 9.59 Å². The number of esters is 1. The van der Waals surface area contributed by atoms with Gasteiger partial charge in [-0.05, 0) is 27.7 Å². The van der Waals surface area contributed by atoms with Gasteiger partial charge in [-0.15, -0.1) is 5.10 Å². The molecule has 0 spiro atoms. The summed E-state index contributed by atoms with van der Waals surface area (Å²) < 4.78 is 10.1. The molecule has 7 nitrogen and oxygen atoms in total. The first kappa shape index (κ1) is 16.1. The first-order chi connectivity index (χ1) is 9.23. The Labute approximate surface area is 118 Å². The van der Waals surface area contributed by atoms with Gasteiger partial charge in [-0.1, -0.05) is 0 Å². The average molecular weight is 283 g/mol. The van der Waals surface area contributed by atoms with E-state index in [1.54, 1.807) is 34.7 Å². The summed E-state index contributed by atoms with van der Waals surface area (Å²) in [5, 5.41) is 7.67. The quantitative estimate of drug-likeness (QED) is 0.734. The molecule has 1 amide bonds. The smallest absolute Gasteiger partial charge is 0.410 e. The standard InChI is InChI=1S/C13H21N3O4/c1-6-19-11(17)10-7-9(14-15-10)8-16(5)12(18)20-13(2,3)4/h6-8H2,1-5H3. The molecule has 0 aromatic rings. The monoisotopic (exact) mass is 283 g/mol. The van der Waals surface area contributed by atoms with Crippen molar-refractivity contribution in [1.29, 1.82) is 0 Å². The van der Waals surface area contributed by atoms with Crippen LogP contribution >= 0.6 is 0 Å². The molecular formula is C13H21N3O4. The maximum atomic E-state index is 11.8. The highest BCUT2D eigenvalue weighted by Crippen LogP contribution is 2.11. The Balaban J connectivity index is 2.45. The lowest BCUT2D eigenvalue weighted by Gasteiger charge is -2.24. The van der Waals surface area contributed by atoms with Crippen molar-refractivity contribution in [2.75, 3.05) is 20.2 Å². The average Bonchev–Trinajstić information content (AvgIpc) is 2.75. The molecule has 0 aromatic heterocycles. The summed E-state index contributed by atoms with van der Waals surface area (Å²) in [5.41, 5.74) is 0.343. The van der Waals surface area contributed by atoms with Gasteiger partial charge < -0.3 is 14.4 Å². The van der Waals surface area contributed by atoms with Crippen LogP contribution in [0.1, 0.15) is 34.1 Å². The number of amides is 1. The van der Waals surface area contributed by atoms with Gasteiger partial charge in [0.15, 0.2) is 5.71 Å². The molecule has 0 fully saturated rings. The fourth-order valence-electron chi connectivity index (χ4n) is 1.49. The molecule has 7 heteroatoms. The van der Waals surface area contributed by atoms with Gasteiger partial charge >= 0.3 is 12.1 Å². The molecule has 0 bridgehead atoms. The number of rotatable bonds is 4. The molecule has 0 aromatic carbocycles. The highest BCUT2D eigenvalue weighted by atomic mass is 16.6. The molecule has 0 aliphatic carbocycles. The number of hydrogen-bond acceptors (Lipinski definition) is 6. The van der Waals surface area contributed by atoms with E-state index in [4.69, 9.17) is 9.47 Å². The van der Waals surface area contributed by atoms with E-state index < -0.39 is 17.7 Å².